The predicted molar refractivity (Wildman–Crippen MR) is 90.8 cm³/mol. The molecule has 128 valence electrons. The zero-order valence-corrected chi connectivity index (χ0v) is 15.0. The lowest BCUT2D eigenvalue weighted by Crippen LogP contribution is -2.25. The summed E-state index contributed by atoms with van der Waals surface area (Å²) in [5, 5.41) is 0.898. The zero-order valence-electron chi connectivity index (χ0n) is 14.2. The lowest BCUT2D eigenvalue weighted by molar-refractivity contribution is 0.0594. The predicted octanol–water partition coefficient (Wildman–Crippen LogP) is 2.69. The van der Waals surface area contributed by atoms with Crippen molar-refractivity contribution in [3.05, 3.63) is 27.3 Å². The van der Waals surface area contributed by atoms with Crippen molar-refractivity contribution < 1.29 is 14.3 Å². The van der Waals surface area contributed by atoms with Crippen LogP contribution in [-0.4, -0.2) is 41.7 Å². The van der Waals surface area contributed by atoms with Crippen LogP contribution in [0.3, 0.4) is 0 Å². The molecule has 8 heteroatoms. The summed E-state index contributed by atoms with van der Waals surface area (Å²) in [4.78, 5) is 28.3. The maximum absolute atomic E-state index is 11.8. The van der Waals surface area contributed by atoms with E-state index in [1.807, 2.05) is 13.8 Å². The van der Waals surface area contributed by atoms with Crippen molar-refractivity contribution in [2.75, 3.05) is 25.7 Å². The molecule has 0 bridgehead atoms. The van der Waals surface area contributed by atoms with Crippen LogP contribution in [0, 0.1) is 13.8 Å². The van der Waals surface area contributed by atoms with E-state index in [2.05, 4.69) is 19.9 Å². The number of rotatable bonds is 4. The number of ether oxygens (including phenoxy) is 2. The second-order valence-corrected chi connectivity index (χ2v) is 6.89. The van der Waals surface area contributed by atoms with E-state index in [1.54, 1.807) is 13.2 Å². The molecule has 3 heterocycles. The molecular formula is C16H20N4O3S. The van der Waals surface area contributed by atoms with Crippen molar-refractivity contribution in [1.82, 2.24) is 15.0 Å². The normalized spacial score (nSPS) is 17.2. The van der Waals surface area contributed by atoms with Crippen molar-refractivity contribution in [1.29, 1.82) is 0 Å². The minimum atomic E-state index is -0.395. The molecule has 3 rings (SSSR count). The molecule has 0 saturated carbocycles. The second kappa shape index (κ2) is 6.72. The molecule has 2 aromatic rings. The minimum absolute atomic E-state index is 0.0682. The molecule has 1 aliphatic rings. The highest BCUT2D eigenvalue weighted by Crippen LogP contribution is 2.37. The van der Waals surface area contributed by atoms with Gasteiger partial charge in [0.15, 0.2) is 5.69 Å². The SMILES string of the molecule is COC(=O)c1nc(C2CCCN2c2nc(C)cc(OC)n2)sc1C. The Morgan fingerprint density at radius 3 is 2.79 bits per heavy atom. The van der Waals surface area contributed by atoms with Crippen LogP contribution >= 0.6 is 11.3 Å². The highest BCUT2D eigenvalue weighted by molar-refractivity contribution is 7.12. The van der Waals surface area contributed by atoms with Gasteiger partial charge in [-0.25, -0.2) is 14.8 Å². The number of thiazole rings is 1. The molecule has 0 amide bonds. The molecule has 24 heavy (non-hydrogen) atoms. The van der Waals surface area contributed by atoms with Gasteiger partial charge < -0.3 is 14.4 Å². The van der Waals surface area contributed by atoms with E-state index in [9.17, 15) is 4.79 Å². The molecule has 2 aromatic heterocycles. The molecule has 1 fully saturated rings. The fourth-order valence-electron chi connectivity index (χ4n) is 2.87. The number of anilines is 1. The standard InChI is InChI=1S/C16H20N4O3S/c1-9-8-12(22-3)18-16(17-9)20-7-5-6-11(20)14-19-13(10(2)24-14)15(21)23-4/h8,11H,5-7H2,1-4H3. The van der Waals surface area contributed by atoms with Gasteiger partial charge in [-0.2, -0.15) is 4.98 Å². The van der Waals surface area contributed by atoms with Gasteiger partial charge in [0, 0.05) is 23.2 Å². The Labute approximate surface area is 144 Å². The number of aryl methyl sites for hydroxylation is 2. The van der Waals surface area contributed by atoms with Crippen LogP contribution in [0.25, 0.3) is 0 Å². The van der Waals surface area contributed by atoms with Crippen molar-refractivity contribution >= 4 is 23.3 Å². The molecular weight excluding hydrogens is 328 g/mol. The highest BCUT2D eigenvalue weighted by Gasteiger charge is 2.32. The Morgan fingerprint density at radius 1 is 1.29 bits per heavy atom. The van der Waals surface area contributed by atoms with Gasteiger partial charge >= 0.3 is 5.97 Å². The number of aromatic nitrogens is 3. The van der Waals surface area contributed by atoms with Gasteiger partial charge in [-0.15, -0.1) is 11.3 Å². The first-order valence-corrected chi connectivity index (χ1v) is 8.57. The summed E-state index contributed by atoms with van der Waals surface area (Å²) in [6.45, 7) is 4.66. The average molecular weight is 348 g/mol. The first kappa shape index (κ1) is 16.6. The van der Waals surface area contributed by atoms with Crippen LogP contribution in [0.2, 0.25) is 0 Å². The smallest absolute Gasteiger partial charge is 0.357 e. The summed E-state index contributed by atoms with van der Waals surface area (Å²) in [5.41, 5.74) is 1.25. The summed E-state index contributed by atoms with van der Waals surface area (Å²) in [7, 11) is 2.97. The number of nitrogens with zero attached hydrogens (tertiary/aromatic N) is 4. The van der Waals surface area contributed by atoms with Gasteiger partial charge in [-0.3, -0.25) is 0 Å². The summed E-state index contributed by atoms with van der Waals surface area (Å²) in [6.07, 6.45) is 1.98. The maximum Gasteiger partial charge on any atom is 0.357 e. The second-order valence-electron chi connectivity index (χ2n) is 5.65. The molecule has 0 aromatic carbocycles. The fourth-order valence-corrected chi connectivity index (χ4v) is 3.92. The Bertz CT molecular complexity index is 762. The lowest BCUT2D eigenvalue weighted by atomic mass is 10.2. The molecule has 1 saturated heterocycles. The molecule has 0 N–H and O–H groups in total. The number of carbonyl (C=O) groups is 1. The largest absolute Gasteiger partial charge is 0.481 e. The average Bonchev–Trinajstić information content (AvgIpc) is 3.19. The molecule has 1 unspecified atom stereocenters. The van der Waals surface area contributed by atoms with E-state index in [4.69, 9.17) is 9.47 Å². The van der Waals surface area contributed by atoms with Crippen LogP contribution in [0.4, 0.5) is 5.95 Å². The monoisotopic (exact) mass is 348 g/mol. The number of hydrogen-bond donors (Lipinski definition) is 0. The molecule has 7 nitrogen and oxygen atoms in total. The van der Waals surface area contributed by atoms with E-state index >= 15 is 0 Å². The third-order valence-electron chi connectivity index (χ3n) is 4.01. The Hall–Kier alpha value is -2.22. The summed E-state index contributed by atoms with van der Waals surface area (Å²) in [5.74, 6) is 0.795. The Balaban J connectivity index is 1.94. The number of esters is 1. The van der Waals surface area contributed by atoms with Crippen molar-refractivity contribution in [3.8, 4) is 5.88 Å². The third-order valence-corrected chi connectivity index (χ3v) is 5.09. The van der Waals surface area contributed by atoms with Crippen LogP contribution in [0.15, 0.2) is 6.07 Å². The van der Waals surface area contributed by atoms with Crippen molar-refractivity contribution in [2.45, 2.75) is 32.7 Å². The number of methoxy groups -OCH3 is 2. The van der Waals surface area contributed by atoms with Gasteiger partial charge in [0.1, 0.15) is 5.01 Å². The van der Waals surface area contributed by atoms with Gasteiger partial charge in [0.05, 0.1) is 20.3 Å². The summed E-state index contributed by atoms with van der Waals surface area (Å²) in [6, 6.07) is 1.87. The summed E-state index contributed by atoms with van der Waals surface area (Å²) < 4.78 is 10.1. The quantitative estimate of drug-likeness (QED) is 0.786. The Kier molecular flexibility index (Phi) is 4.66. The first-order chi connectivity index (χ1) is 11.5. The van der Waals surface area contributed by atoms with E-state index < -0.39 is 5.97 Å². The van der Waals surface area contributed by atoms with Crippen LogP contribution in [0.5, 0.6) is 5.88 Å². The fraction of sp³-hybridized carbons (Fsp3) is 0.500. The minimum Gasteiger partial charge on any atom is -0.481 e. The van der Waals surface area contributed by atoms with Gasteiger partial charge in [0.2, 0.25) is 11.8 Å². The van der Waals surface area contributed by atoms with Crippen LogP contribution in [0.1, 0.15) is 45.0 Å². The topological polar surface area (TPSA) is 77.4 Å². The van der Waals surface area contributed by atoms with Crippen LogP contribution in [-0.2, 0) is 4.74 Å². The summed E-state index contributed by atoms with van der Waals surface area (Å²) >= 11 is 1.53. The molecule has 1 atom stereocenters. The van der Waals surface area contributed by atoms with E-state index in [0.717, 1.165) is 35.0 Å². The maximum atomic E-state index is 11.8. The number of carbonyl (C=O) groups excluding carboxylic acids is 1. The third kappa shape index (κ3) is 3.06. The van der Waals surface area contributed by atoms with Gasteiger partial charge in [-0.05, 0) is 26.7 Å². The number of hydrogen-bond acceptors (Lipinski definition) is 8. The molecule has 1 aliphatic heterocycles. The lowest BCUT2D eigenvalue weighted by Gasteiger charge is -2.23. The van der Waals surface area contributed by atoms with E-state index in [0.29, 0.717) is 17.5 Å². The van der Waals surface area contributed by atoms with Crippen LogP contribution < -0.4 is 9.64 Å². The van der Waals surface area contributed by atoms with E-state index in [1.165, 1.54) is 18.4 Å². The van der Waals surface area contributed by atoms with Gasteiger partial charge in [0.25, 0.3) is 0 Å². The zero-order chi connectivity index (χ0) is 17.3. The molecule has 0 spiro atoms. The van der Waals surface area contributed by atoms with Crippen molar-refractivity contribution in [3.63, 3.8) is 0 Å². The van der Waals surface area contributed by atoms with Gasteiger partial charge in [-0.1, -0.05) is 0 Å². The van der Waals surface area contributed by atoms with Crippen molar-refractivity contribution in [2.24, 2.45) is 0 Å². The Morgan fingerprint density at radius 2 is 2.08 bits per heavy atom. The highest BCUT2D eigenvalue weighted by atomic mass is 32.1. The molecule has 0 radical (unpaired) electrons. The first-order valence-electron chi connectivity index (χ1n) is 7.75. The van der Waals surface area contributed by atoms with E-state index in [-0.39, 0.29) is 6.04 Å². The molecule has 0 aliphatic carbocycles.